The van der Waals surface area contributed by atoms with Gasteiger partial charge in [-0.25, -0.2) is 0 Å². The van der Waals surface area contributed by atoms with E-state index in [0.717, 1.165) is 6.61 Å². The maximum atomic E-state index is 5.26. The molecule has 0 amide bonds. The van der Waals surface area contributed by atoms with E-state index in [9.17, 15) is 0 Å². The van der Waals surface area contributed by atoms with Gasteiger partial charge in [0.15, 0.2) is 0 Å². The highest BCUT2D eigenvalue weighted by Crippen LogP contribution is 2.18. The number of hydrogen-bond donors (Lipinski definition) is 0. The maximum Gasteiger partial charge on any atom is 0.0618 e. The Kier molecular flexibility index (Phi) is 7.03. The first-order chi connectivity index (χ1) is 7.38. The van der Waals surface area contributed by atoms with E-state index < -0.39 is 0 Å². The third-order valence-corrected chi connectivity index (χ3v) is 3.41. The summed E-state index contributed by atoms with van der Waals surface area (Å²) in [7, 11) is 1.82. The SMILES string of the molecule is CCCCCCCN1CCC[C@H]1COC. The van der Waals surface area contributed by atoms with Crippen LogP contribution >= 0.6 is 0 Å². The zero-order chi connectivity index (χ0) is 10.9. The molecule has 1 heterocycles. The predicted octanol–water partition coefficient (Wildman–Crippen LogP) is 3.07. The average molecular weight is 213 g/mol. The van der Waals surface area contributed by atoms with Gasteiger partial charge in [-0.05, 0) is 32.4 Å². The van der Waals surface area contributed by atoms with Crippen molar-refractivity contribution in [3.05, 3.63) is 0 Å². The van der Waals surface area contributed by atoms with Crippen molar-refractivity contribution in [3.8, 4) is 0 Å². The molecule has 0 saturated carbocycles. The van der Waals surface area contributed by atoms with E-state index in [0.29, 0.717) is 6.04 Å². The van der Waals surface area contributed by atoms with Crippen LogP contribution in [0.15, 0.2) is 0 Å². The van der Waals surface area contributed by atoms with Crippen LogP contribution in [0, 0.1) is 0 Å². The topological polar surface area (TPSA) is 12.5 Å². The zero-order valence-electron chi connectivity index (χ0n) is 10.5. The maximum absolute atomic E-state index is 5.26. The molecule has 1 saturated heterocycles. The summed E-state index contributed by atoms with van der Waals surface area (Å²) >= 11 is 0. The highest BCUT2D eigenvalue weighted by molar-refractivity contribution is 4.78. The fourth-order valence-electron chi connectivity index (χ4n) is 2.49. The van der Waals surface area contributed by atoms with Crippen LogP contribution in [0.25, 0.3) is 0 Å². The lowest BCUT2D eigenvalue weighted by Gasteiger charge is -2.23. The van der Waals surface area contributed by atoms with E-state index in [1.165, 1.54) is 58.0 Å². The van der Waals surface area contributed by atoms with Crippen LogP contribution in [0.1, 0.15) is 51.9 Å². The number of hydrogen-bond acceptors (Lipinski definition) is 2. The molecule has 0 aromatic heterocycles. The van der Waals surface area contributed by atoms with Crippen molar-refractivity contribution in [2.45, 2.75) is 57.9 Å². The molecule has 0 bridgehead atoms. The number of likely N-dealkylation sites (tertiary alicyclic amines) is 1. The molecular formula is C13H27NO. The first-order valence-corrected chi connectivity index (χ1v) is 6.61. The van der Waals surface area contributed by atoms with Crippen molar-refractivity contribution in [3.63, 3.8) is 0 Å². The molecular weight excluding hydrogens is 186 g/mol. The third-order valence-electron chi connectivity index (χ3n) is 3.41. The summed E-state index contributed by atoms with van der Waals surface area (Å²) in [4.78, 5) is 2.62. The van der Waals surface area contributed by atoms with Crippen LogP contribution in [-0.4, -0.2) is 37.7 Å². The highest BCUT2D eigenvalue weighted by atomic mass is 16.5. The second-order valence-corrected chi connectivity index (χ2v) is 4.70. The number of methoxy groups -OCH3 is 1. The van der Waals surface area contributed by atoms with E-state index in [4.69, 9.17) is 4.74 Å². The van der Waals surface area contributed by atoms with Crippen molar-refractivity contribution in [2.24, 2.45) is 0 Å². The van der Waals surface area contributed by atoms with Gasteiger partial charge >= 0.3 is 0 Å². The Bertz CT molecular complexity index is 149. The van der Waals surface area contributed by atoms with E-state index in [2.05, 4.69) is 11.8 Å². The van der Waals surface area contributed by atoms with Gasteiger partial charge in [0.1, 0.15) is 0 Å². The molecule has 1 atom stereocenters. The van der Waals surface area contributed by atoms with Gasteiger partial charge in [-0.15, -0.1) is 0 Å². The van der Waals surface area contributed by atoms with E-state index in [-0.39, 0.29) is 0 Å². The summed E-state index contributed by atoms with van der Waals surface area (Å²) in [5.74, 6) is 0. The first kappa shape index (κ1) is 13.0. The molecule has 1 aliphatic rings. The van der Waals surface area contributed by atoms with Crippen molar-refractivity contribution in [1.29, 1.82) is 0 Å². The summed E-state index contributed by atoms with van der Waals surface area (Å²) in [5, 5.41) is 0. The van der Waals surface area contributed by atoms with E-state index in [1.807, 2.05) is 7.11 Å². The summed E-state index contributed by atoms with van der Waals surface area (Å²) in [5.41, 5.74) is 0. The Hall–Kier alpha value is -0.0800. The number of nitrogens with zero attached hydrogens (tertiary/aromatic N) is 1. The zero-order valence-corrected chi connectivity index (χ0v) is 10.5. The van der Waals surface area contributed by atoms with Crippen molar-refractivity contribution < 1.29 is 4.74 Å². The standard InChI is InChI=1S/C13H27NO/c1-3-4-5-6-7-10-14-11-8-9-13(14)12-15-2/h13H,3-12H2,1-2H3/t13-/m0/s1. The number of ether oxygens (including phenoxy) is 1. The number of unbranched alkanes of at least 4 members (excludes halogenated alkanes) is 4. The Labute approximate surface area is 95.0 Å². The second-order valence-electron chi connectivity index (χ2n) is 4.70. The molecule has 15 heavy (non-hydrogen) atoms. The Morgan fingerprint density at radius 1 is 1.20 bits per heavy atom. The van der Waals surface area contributed by atoms with Gasteiger partial charge in [-0.2, -0.15) is 0 Å². The molecule has 0 spiro atoms. The minimum atomic E-state index is 0.709. The summed E-state index contributed by atoms with van der Waals surface area (Å²) in [6.45, 7) is 5.78. The lowest BCUT2D eigenvalue weighted by atomic mass is 10.1. The largest absolute Gasteiger partial charge is 0.383 e. The van der Waals surface area contributed by atoms with Crippen molar-refractivity contribution in [2.75, 3.05) is 26.8 Å². The van der Waals surface area contributed by atoms with Gasteiger partial charge in [0, 0.05) is 13.2 Å². The lowest BCUT2D eigenvalue weighted by molar-refractivity contribution is 0.114. The van der Waals surface area contributed by atoms with E-state index in [1.54, 1.807) is 0 Å². The lowest BCUT2D eigenvalue weighted by Crippen LogP contribution is -2.33. The molecule has 0 radical (unpaired) electrons. The van der Waals surface area contributed by atoms with Crippen LogP contribution in [0.3, 0.4) is 0 Å². The molecule has 1 fully saturated rings. The fourth-order valence-corrected chi connectivity index (χ4v) is 2.49. The molecule has 2 heteroatoms. The Balaban J connectivity index is 2.03. The van der Waals surface area contributed by atoms with Crippen LogP contribution in [0.5, 0.6) is 0 Å². The van der Waals surface area contributed by atoms with Gasteiger partial charge < -0.3 is 4.74 Å². The molecule has 2 nitrogen and oxygen atoms in total. The number of rotatable bonds is 8. The second kappa shape index (κ2) is 8.12. The van der Waals surface area contributed by atoms with Crippen molar-refractivity contribution in [1.82, 2.24) is 4.90 Å². The fraction of sp³-hybridized carbons (Fsp3) is 1.00. The van der Waals surface area contributed by atoms with Gasteiger partial charge in [-0.1, -0.05) is 32.6 Å². The first-order valence-electron chi connectivity index (χ1n) is 6.61. The molecule has 90 valence electrons. The minimum Gasteiger partial charge on any atom is -0.383 e. The predicted molar refractivity (Wildman–Crippen MR) is 65.2 cm³/mol. The van der Waals surface area contributed by atoms with E-state index >= 15 is 0 Å². The summed E-state index contributed by atoms with van der Waals surface area (Å²) < 4.78 is 5.26. The smallest absolute Gasteiger partial charge is 0.0618 e. The summed E-state index contributed by atoms with van der Waals surface area (Å²) in [6.07, 6.45) is 9.65. The monoisotopic (exact) mass is 213 g/mol. The minimum absolute atomic E-state index is 0.709. The Morgan fingerprint density at radius 3 is 2.73 bits per heavy atom. The summed E-state index contributed by atoms with van der Waals surface area (Å²) in [6, 6.07) is 0.709. The molecule has 0 unspecified atom stereocenters. The molecule has 0 aromatic carbocycles. The molecule has 1 aliphatic heterocycles. The van der Waals surface area contributed by atoms with Gasteiger partial charge in [-0.3, -0.25) is 4.90 Å². The van der Waals surface area contributed by atoms with Crippen LogP contribution in [0.4, 0.5) is 0 Å². The average Bonchev–Trinajstić information content (AvgIpc) is 2.66. The molecule has 0 aliphatic carbocycles. The quantitative estimate of drug-likeness (QED) is 0.575. The van der Waals surface area contributed by atoms with Gasteiger partial charge in [0.25, 0.3) is 0 Å². The molecule has 0 aromatic rings. The normalized spacial score (nSPS) is 22.4. The highest BCUT2D eigenvalue weighted by Gasteiger charge is 2.23. The van der Waals surface area contributed by atoms with Crippen molar-refractivity contribution >= 4 is 0 Å². The van der Waals surface area contributed by atoms with Crippen LogP contribution in [0.2, 0.25) is 0 Å². The van der Waals surface area contributed by atoms with Gasteiger partial charge in [0.2, 0.25) is 0 Å². The third kappa shape index (κ3) is 4.98. The van der Waals surface area contributed by atoms with Gasteiger partial charge in [0.05, 0.1) is 6.61 Å². The van der Waals surface area contributed by atoms with Crippen LogP contribution in [-0.2, 0) is 4.74 Å². The molecule has 0 N–H and O–H groups in total. The van der Waals surface area contributed by atoms with Crippen LogP contribution < -0.4 is 0 Å². The Morgan fingerprint density at radius 2 is 2.00 bits per heavy atom. The molecule has 1 rings (SSSR count).